The Bertz CT molecular complexity index is 403. The standard InChI is InChI=1S/C13H21N3O2/c1-13(2,16-8-4-5-9-16)11(17)10-12(18-3)15-7-6-14-10/h6-7,11,17H,4-5,8-9H2,1-3H3. The minimum absolute atomic E-state index is 0.361. The summed E-state index contributed by atoms with van der Waals surface area (Å²) in [6, 6.07) is 0. The zero-order valence-corrected chi connectivity index (χ0v) is 11.3. The molecule has 0 saturated carbocycles. The number of aliphatic hydroxyl groups excluding tert-OH is 1. The van der Waals surface area contributed by atoms with E-state index in [4.69, 9.17) is 4.74 Å². The Hall–Kier alpha value is -1.20. The predicted octanol–water partition coefficient (Wildman–Crippen LogP) is 1.39. The van der Waals surface area contributed by atoms with Crippen LogP contribution in [0.2, 0.25) is 0 Å². The van der Waals surface area contributed by atoms with Crippen molar-refractivity contribution in [1.82, 2.24) is 14.9 Å². The summed E-state index contributed by atoms with van der Waals surface area (Å²) in [7, 11) is 1.54. The summed E-state index contributed by atoms with van der Waals surface area (Å²) in [6.07, 6.45) is 4.82. The number of likely N-dealkylation sites (tertiary alicyclic amines) is 1. The molecule has 1 aromatic heterocycles. The van der Waals surface area contributed by atoms with Gasteiger partial charge in [0.15, 0.2) is 0 Å². The molecule has 18 heavy (non-hydrogen) atoms. The van der Waals surface area contributed by atoms with Crippen molar-refractivity contribution < 1.29 is 9.84 Å². The number of aromatic nitrogens is 2. The zero-order chi connectivity index (χ0) is 13.2. The van der Waals surface area contributed by atoms with E-state index in [0.29, 0.717) is 11.6 Å². The quantitative estimate of drug-likeness (QED) is 0.876. The Balaban J connectivity index is 2.26. The molecule has 2 heterocycles. The molecule has 1 atom stereocenters. The first kappa shape index (κ1) is 13.2. The van der Waals surface area contributed by atoms with Crippen LogP contribution in [0.5, 0.6) is 5.88 Å². The molecule has 5 heteroatoms. The van der Waals surface area contributed by atoms with Crippen molar-refractivity contribution in [2.24, 2.45) is 0 Å². The molecule has 2 rings (SSSR count). The van der Waals surface area contributed by atoms with Crippen LogP contribution in [-0.2, 0) is 0 Å². The predicted molar refractivity (Wildman–Crippen MR) is 68.4 cm³/mol. The maximum atomic E-state index is 10.6. The summed E-state index contributed by atoms with van der Waals surface area (Å²) in [5, 5.41) is 10.6. The summed E-state index contributed by atoms with van der Waals surface area (Å²) < 4.78 is 5.17. The molecule has 1 N–H and O–H groups in total. The normalized spacial score (nSPS) is 18.9. The Labute approximate surface area is 108 Å². The second-order valence-electron chi connectivity index (χ2n) is 5.20. The molecule has 0 aromatic carbocycles. The highest BCUT2D eigenvalue weighted by Gasteiger charge is 2.38. The van der Waals surface area contributed by atoms with Crippen LogP contribution in [0.15, 0.2) is 12.4 Å². The lowest BCUT2D eigenvalue weighted by Crippen LogP contribution is -2.47. The molecule has 1 aromatic rings. The van der Waals surface area contributed by atoms with Gasteiger partial charge < -0.3 is 9.84 Å². The van der Waals surface area contributed by atoms with Gasteiger partial charge in [-0.15, -0.1) is 0 Å². The molecule has 0 bridgehead atoms. The number of ether oxygens (including phenoxy) is 1. The van der Waals surface area contributed by atoms with E-state index in [1.807, 2.05) is 13.8 Å². The van der Waals surface area contributed by atoms with Crippen LogP contribution in [0.25, 0.3) is 0 Å². The van der Waals surface area contributed by atoms with Crippen molar-refractivity contribution in [2.45, 2.75) is 38.3 Å². The molecule has 100 valence electrons. The van der Waals surface area contributed by atoms with Crippen molar-refractivity contribution in [3.63, 3.8) is 0 Å². The Morgan fingerprint density at radius 2 is 1.89 bits per heavy atom. The summed E-state index contributed by atoms with van der Waals surface area (Å²) in [5.74, 6) is 0.400. The molecule has 0 radical (unpaired) electrons. The van der Waals surface area contributed by atoms with Gasteiger partial charge in [-0.05, 0) is 39.8 Å². The molecule has 0 aliphatic carbocycles. The van der Waals surface area contributed by atoms with Gasteiger partial charge in [0, 0.05) is 17.9 Å². The average molecular weight is 251 g/mol. The van der Waals surface area contributed by atoms with Crippen LogP contribution < -0.4 is 4.74 Å². The van der Waals surface area contributed by atoms with Gasteiger partial charge in [0.25, 0.3) is 0 Å². The van der Waals surface area contributed by atoms with Gasteiger partial charge in [-0.1, -0.05) is 0 Å². The fourth-order valence-corrected chi connectivity index (χ4v) is 2.48. The Morgan fingerprint density at radius 3 is 2.50 bits per heavy atom. The van der Waals surface area contributed by atoms with E-state index in [1.165, 1.54) is 12.8 Å². The van der Waals surface area contributed by atoms with Crippen molar-refractivity contribution in [1.29, 1.82) is 0 Å². The minimum Gasteiger partial charge on any atom is -0.480 e. The van der Waals surface area contributed by atoms with Crippen molar-refractivity contribution in [3.05, 3.63) is 18.1 Å². The molecule has 1 fully saturated rings. The summed E-state index contributed by atoms with van der Waals surface area (Å²) in [5.41, 5.74) is 0.150. The first-order valence-electron chi connectivity index (χ1n) is 6.35. The zero-order valence-electron chi connectivity index (χ0n) is 11.3. The highest BCUT2D eigenvalue weighted by atomic mass is 16.5. The van der Waals surface area contributed by atoms with Crippen molar-refractivity contribution in [3.8, 4) is 5.88 Å². The van der Waals surface area contributed by atoms with Crippen LogP contribution in [0, 0.1) is 0 Å². The fraction of sp³-hybridized carbons (Fsp3) is 0.692. The molecule has 0 amide bonds. The third-order valence-corrected chi connectivity index (χ3v) is 3.73. The van der Waals surface area contributed by atoms with E-state index < -0.39 is 6.10 Å². The van der Waals surface area contributed by atoms with Gasteiger partial charge >= 0.3 is 0 Å². The number of rotatable bonds is 4. The summed E-state index contributed by atoms with van der Waals surface area (Å²) in [6.45, 7) is 6.12. The van der Waals surface area contributed by atoms with E-state index in [9.17, 15) is 5.11 Å². The van der Waals surface area contributed by atoms with Gasteiger partial charge in [0.05, 0.1) is 7.11 Å². The lowest BCUT2D eigenvalue weighted by molar-refractivity contribution is -0.00291. The van der Waals surface area contributed by atoms with E-state index in [2.05, 4.69) is 14.9 Å². The van der Waals surface area contributed by atoms with Gasteiger partial charge in [-0.3, -0.25) is 9.88 Å². The van der Waals surface area contributed by atoms with Crippen LogP contribution in [0.4, 0.5) is 0 Å². The second-order valence-corrected chi connectivity index (χ2v) is 5.20. The van der Waals surface area contributed by atoms with Crippen molar-refractivity contribution in [2.75, 3.05) is 20.2 Å². The van der Waals surface area contributed by atoms with Crippen LogP contribution >= 0.6 is 0 Å². The number of hydrogen-bond acceptors (Lipinski definition) is 5. The molecule has 1 unspecified atom stereocenters. The first-order chi connectivity index (χ1) is 8.57. The lowest BCUT2D eigenvalue weighted by Gasteiger charge is -2.39. The largest absolute Gasteiger partial charge is 0.480 e. The maximum Gasteiger partial charge on any atom is 0.238 e. The Kier molecular flexibility index (Phi) is 3.82. The molecule has 1 aliphatic rings. The smallest absolute Gasteiger partial charge is 0.238 e. The molecule has 1 saturated heterocycles. The SMILES string of the molecule is COc1nccnc1C(O)C(C)(C)N1CCCC1. The molecular weight excluding hydrogens is 230 g/mol. The monoisotopic (exact) mass is 251 g/mol. The molecule has 5 nitrogen and oxygen atoms in total. The molecule has 1 aliphatic heterocycles. The Morgan fingerprint density at radius 1 is 1.28 bits per heavy atom. The first-order valence-corrected chi connectivity index (χ1v) is 6.35. The topological polar surface area (TPSA) is 58.5 Å². The molecule has 0 spiro atoms. The van der Waals surface area contributed by atoms with Gasteiger partial charge in [-0.2, -0.15) is 0 Å². The van der Waals surface area contributed by atoms with E-state index in [0.717, 1.165) is 13.1 Å². The third-order valence-electron chi connectivity index (χ3n) is 3.73. The van der Waals surface area contributed by atoms with Crippen LogP contribution in [0.3, 0.4) is 0 Å². The highest BCUT2D eigenvalue weighted by Crippen LogP contribution is 2.35. The minimum atomic E-state index is -0.709. The number of hydrogen-bond donors (Lipinski definition) is 1. The fourth-order valence-electron chi connectivity index (χ4n) is 2.48. The number of aliphatic hydroxyl groups is 1. The van der Waals surface area contributed by atoms with E-state index >= 15 is 0 Å². The van der Waals surface area contributed by atoms with Crippen LogP contribution in [0.1, 0.15) is 38.5 Å². The molecular formula is C13H21N3O2. The number of nitrogens with zero attached hydrogens (tertiary/aromatic N) is 3. The van der Waals surface area contributed by atoms with Crippen molar-refractivity contribution >= 4 is 0 Å². The maximum absolute atomic E-state index is 10.6. The second kappa shape index (κ2) is 5.20. The van der Waals surface area contributed by atoms with Gasteiger partial charge in [0.1, 0.15) is 11.8 Å². The average Bonchev–Trinajstić information content (AvgIpc) is 2.92. The highest BCUT2D eigenvalue weighted by molar-refractivity contribution is 5.23. The summed E-state index contributed by atoms with van der Waals surface area (Å²) >= 11 is 0. The summed E-state index contributed by atoms with van der Waals surface area (Å²) in [4.78, 5) is 10.6. The third kappa shape index (κ3) is 2.33. The lowest BCUT2D eigenvalue weighted by atomic mass is 9.92. The van der Waals surface area contributed by atoms with E-state index in [1.54, 1.807) is 19.5 Å². The van der Waals surface area contributed by atoms with Gasteiger partial charge in [0.2, 0.25) is 5.88 Å². The number of methoxy groups -OCH3 is 1. The van der Waals surface area contributed by atoms with Gasteiger partial charge in [-0.25, -0.2) is 4.98 Å². The van der Waals surface area contributed by atoms with Crippen LogP contribution in [-0.4, -0.2) is 45.7 Å². The van der Waals surface area contributed by atoms with E-state index in [-0.39, 0.29) is 5.54 Å².